The lowest BCUT2D eigenvalue weighted by Gasteiger charge is -2.12. The van der Waals surface area contributed by atoms with Crippen molar-refractivity contribution in [2.24, 2.45) is 5.92 Å². The van der Waals surface area contributed by atoms with Crippen molar-refractivity contribution in [3.8, 4) is 0 Å². The van der Waals surface area contributed by atoms with Crippen LogP contribution in [0, 0.1) is 5.92 Å². The Balaban J connectivity index is 2.20. The van der Waals surface area contributed by atoms with E-state index in [0.717, 1.165) is 0 Å². The average Bonchev–Trinajstić information content (AvgIpc) is 2.68. The molecule has 2 rings (SSSR count). The summed E-state index contributed by atoms with van der Waals surface area (Å²) in [7, 11) is -4.14. The number of β-amino-alcohol motifs (C(OH)–C–C–N with tert-alkyl or cyclic N) is 1. The molecule has 1 aromatic carbocycles. The first-order valence-corrected chi connectivity index (χ1v) is 7.45. The van der Waals surface area contributed by atoms with E-state index in [0.29, 0.717) is 0 Å². The van der Waals surface area contributed by atoms with Crippen LogP contribution < -0.4 is 10.0 Å². The van der Waals surface area contributed by atoms with Crippen LogP contribution in [0.5, 0.6) is 0 Å². The Labute approximate surface area is 120 Å². The maximum Gasteiger partial charge on any atom is 0.264 e. The third-order valence-electron chi connectivity index (χ3n) is 2.78. The molecule has 1 saturated heterocycles. The fourth-order valence-electron chi connectivity index (χ4n) is 1.79. The van der Waals surface area contributed by atoms with Crippen LogP contribution in [0.4, 0.5) is 0 Å². The van der Waals surface area contributed by atoms with E-state index in [9.17, 15) is 23.1 Å². The molecule has 1 aliphatic rings. The molecule has 0 saturated carbocycles. The molecule has 0 spiro atoms. The van der Waals surface area contributed by atoms with E-state index in [1.165, 1.54) is 24.3 Å². The fraction of sp³-hybridized carbons (Fsp3) is 0.273. The summed E-state index contributed by atoms with van der Waals surface area (Å²) in [5.41, 5.74) is 0. The van der Waals surface area contributed by atoms with Crippen LogP contribution >= 0.6 is 11.6 Å². The molecule has 20 heavy (non-hydrogen) atoms. The molecule has 9 heteroatoms. The van der Waals surface area contributed by atoms with E-state index in [1.54, 1.807) is 4.72 Å². The zero-order chi connectivity index (χ0) is 14.9. The van der Waals surface area contributed by atoms with E-state index in [1.807, 2.05) is 0 Å². The minimum atomic E-state index is -4.14. The van der Waals surface area contributed by atoms with Crippen LogP contribution in [0.3, 0.4) is 0 Å². The second-order valence-electron chi connectivity index (χ2n) is 4.22. The quantitative estimate of drug-likeness (QED) is 0.635. The van der Waals surface area contributed by atoms with E-state index >= 15 is 0 Å². The molecule has 0 bridgehead atoms. The zero-order valence-electron chi connectivity index (χ0n) is 10.0. The summed E-state index contributed by atoms with van der Waals surface area (Å²) in [4.78, 5) is 22.9. The molecule has 108 valence electrons. The maximum atomic E-state index is 12.0. The number of carbonyl (C=O) groups excluding carboxylic acids is 2. The van der Waals surface area contributed by atoms with E-state index in [2.05, 4.69) is 5.32 Å². The second kappa shape index (κ2) is 5.39. The molecule has 0 aromatic heterocycles. The fourth-order valence-corrected chi connectivity index (χ4v) is 3.09. The molecule has 3 N–H and O–H groups in total. The smallest absolute Gasteiger partial charge is 0.264 e. The van der Waals surface area contributed by atoms with Gasteiger partial charge in [-0.1, -0.05) is 17.7 Å². The van der Waals surface area contributed by atoms with Crippen molar-refractivity contribution in [3.63, 3.8) is 0 Å². The van der Waals surface area contributed by atoms with E-state index in [4.69, 9.17) is 11.6 Å². The second-order valence-corrected chi connectivity index (χ2v) is 6.34. The third-order valence-corrected chi connectivity index (χ3v) is 4.36. The van der Waals surface area contributed by atoms with Crippen molar-refractivity contribution in [3.05, 3.63) is 29.3 Å². The summed E-state index contributed by atoms with van der Waals surface area (Å²) >= 11 is 5.68. The topological polar surface area (TPSA) is 113 Å². The van der Waals surface area contributed by atoms with Gasteiger partial charge in [0.15, 0.2) is 0 Å². The molecule has 2 atom stereocenters. The maximum absolute atomic E-state index is 12.0. The van der Waals surface area contributed by atoms with E-state index in [-0.39, 0.29) is 16.5 Å². The van der Waals surface area contributed by atoms with Gasteiger partial charge in [-0.25, -0.2) is 13.1 Å². The molecule has 2 amide bonds. The highest BCUT2D eigenvalue weighted by atomic mass is 35.5. The Bertz CT molecular complexity index is 661. The lowest BCUT2D eigenvalue weighted by atomic mass is 10.1. The van der Waals surface area contributed by atoms with Crippen LogP contribution in [0.25, 0.3) is 0 Å². The number of rotatable bonds is 3. The van der Waals surface area contributed by atoms with Gasteiger partial charge in [-0.2, -0.15) is 0 Å². The number of sulfonamides is 1. The highest BCUT2D eigenvalue weighted by molar-refractivity contribution is 7.90. The van der Waals surface area contributed by atoms with Gasteiger partial charge in [0.2, 0.25) is 11.8 Å². The van der Waals surface area contributed by atoms with Crippen LogP contribution in [-0.4, -0.2) is 38.0 Å². The predicted octanol–water partition coefficient (Wildman–Crippen LogP) is -0.748. The van der Waals surface area contributed by atoms with Gasteiger partial charge in [0, 0.05) is 11.6 Å². The summed E-state index contributed by atoms with van der Waals surface area (Å²) in [5.74, 6) is -3.23. The van der Waals surface area contributed by atoms with Crippen LogP contribution in [0.1, 0.15) is 0 Å². The minimum absolute atomic E-state index is 0.0892. The summed E-state index contributed by atoms with van der Waals surface area (Å²) in [6.07, 6.45) is -1.25. The van der Waals surface area contributed by atoms with Crippen molar-refractivity contribution in [2.45, 2.75) is 11.0 Å². The molecular weight excluding hydrogens is 308 g/mol. The number of halogens is 1. The summed E-state index contributed by atoms with van der Waals surface area (Å²) < 4.78 is 25.7. The van der Waals surface area contributed by atoms with Gasteiger partial charge >= 0.3 is 0 Å². The van der Waals surface area contributed by atoms with Crippen molar-refractivity contribution < 1.29 is 23.1 Å². The first-order valence-electron chi connectivity index (χ1n) is 5.59. The van der Waals surface area contributed by atoms with Gasteiger partial charge in [-0.3, -0.25) is 9.59 Å². The lowest BCUT2D eigenvalue weighted by Crippen LogP contribution is -2.42. The highest BCUT2D eigenvalue weighted by Crippen LogP contribution is 2.17. The number of nitrogens with one attached hydrogen (secondary N) is 2. The lowest BCUT2D eigenvalue weighted by molar-refractivity contribution is -0.134. The molecule has 7 nitrogen and oxygen atoms in total. The Morgan fingerprint density at radius 1 is 1.45 bits per heavy atom. The SMILES string of the molecule is O=C1NCC(O)C1C(=O)NS(=O)(=O)c1cccc(Cl)c1. The molecule has 1 aliphatic heterocycles. The third kappa shape index (κ3) is 2.92. The molecular formula is C11H11ClN2O5S. The number of carbonyl (C=O) groups is 2. The molecule has 2 unspecified atom stereocenters. The van der Waals surface area contributed by atoms with Crippen molar-refractivity contribution in [2.75, 3.05) is 6.54 Å². The first kappa shape index (κ1) is 14.8. The molecule has 1 aromatic rings. The first-order chi connectivity index (χ1) is 9.31. The standard InChI is InChI=1S/C11H11ClN2O5S/c12-6-2-1-3-7(4-6)20(18,19)14-11(17)9-8(15)5-13-10(9)16/h1-4,8-9,15H,5H2,(H,13,16)(H,14,17). The summed E-state index contributed by atoms with van der Waals surface area (Å²) in [5, 5.41) is 11.9. The monoisotopic (exact) mass is 318 g/mol. The molecule has 1 heterocycles. The number of hydrogen-bond donors (Lipinski definition) is 3. The van der Waals surface area contributed by atoms with Crippen molar-refractivity contribution in [1.29, 1.82) is 0 Å². The summed E-state index contributed by atoms with van der Waals surface area (Å²) in [6.45, 7) is -0.0892. The number of amides is 2. The Morgan fingerprint density at radius 3 is 2.70 bits per heavy atom. The molecule has 0 radical (unpaired) electrons. The van der Waals surface area contributed by atoms with Gasteiger partial charge < -0.3 is 10.4 Å². The number of hydrogen-bond acceptors (Lipinski definition) is 5. The largest absolute Gasteiger partial charge is 0.390 e. The molecule has 1 fully saturated rings. The van der Waals surface area contributed by atoms with Gasteiger partial charge in [0.1, 0.15) is 5.92 Å². The summed E-state index contributed by atoms with van der Waals surface area (Å²) in [6, 6.07) is 5.32. The zero-order valence-corrected chi connectivity index (χ0v) is 11.6. The predicted molar refractivity (Wildman–Crippen MR) is 69.3 cm³/mol. The molecule has 0 aliphatic carbocycles. The number of benzene rings is 1. The Hall–Kier alpha value is -1.64. The van der Waals surface area contributed by atoms with Crippen molar-refractivity contribution in [1.82, 2.24) is 10.0 Å². The van der Waals surface area contributed by atoms with Crippen LogP contribution in [0.2, 0.25) is 5.02 Å². The average molecular weight is 319 g/mol. The van der Waals surface area contributed by atoms with Gasteiger partial charge in [0.05, 0.1) is 11.0 Å². The Kier molecular flexibility index (Phi) is 3.98. The van der Waals surface area contributed by atoms with Gasteiger partial charge in [-0.15, -0.1) is 0 Å². The highest BCUT2D eigenvalue weighted by Gasteiger charge is 2.40. The number of aliphatic hydroxyl groups excluding tert-OH is 1. The van der Waals surface area contributed by atoms with Gasteiger partial charge in [-0.05, 0) is 18.2 Å². The van der Waals surface area contributed by atoms with E-state index < -0.39 is 33.9 Å². The normalized spacial score (nSPS) is 22.4. The van der Waals surface area contributed by atoms with Gasteiger partial charge in [0.25, 0.3) is 10.0 Å². The minimum Gasteiger partial charge on any atom is -0.390 e. The Morgan fingerprint density at radius 2 is 2.15 bits per heavy atom. The van der Waals surface area contributed by atoms with Crippen molar-refractivity contribution >= 4 is 33.4 Å². The van der Waals surface area contributed by atoms with Crippen LogP contribution in [0.15, 0.2) is 29.2 Å². The number of aliphatic hydroxyl groups is 1. The van der Waals surface area contributed by atoms with Crippen LogP contribution in [-0.2, 0) is 19.6 Å².